The van der Waals surface area contributed by atoms with Crippen LogP contribution in [0.5, 0.6) is 0 Å². The number of aryl methyl sites for hydroxylation is 2. The zero-order valence-electron chi connectivity index (χ0n) is 17.5. The first-order valence-electron chi connectivity index (χ1n) is 10.1. The zero-order valence-corrected chi connectivity index (χ0v) is 18.3. The molecule has 0 saturated heterocycles. The maximum atomic E-state index is 12.6. The lowest BCUT2D eigenvalue weighted by Crippen LogP contribution is -2.30. The predicted molar refractivity (Wildman–Crippen MR) is 122 cm³/mol. The predicted octanol–water partition coefficient (Wildman–Crippen LogP) is 4.61. The van der Waals surface area contributed by atoms with Crippen molar-refractivity contribution < 1.29 is 17.7 Å². The van der Waals surface area contributed by atoms with Gasteiger partial charge < -0.3 is 9.67 Å². The van der Waals surface area contributed by atoms with E-state index in [2.05, 4.69) is 0 Å². The monoisotopic (exact) mass is 435 g/mol. The quantitative estimate of drug-likeness (QED) is 0.430. The van der Waals surface area contributed by atoms with Crippen molar-refractivity contribution in [3.8, 4) is 0 Å². The summed E-state index contributed by atoms with van der Waals surface area (Å²) in [7, 11) is -3.98. The number of nitrogens with zero attached hydrogens (tertiary/aromatic N) is 1. The number of fused-ring (bicyclic) bond motifs is 1. The fraction of sp³-hybridized carbons (Fsp3) is 0.200. The molecule has 0 aliphatic heterocycles. The highest BCUT2D eigenvalue weighted by Gasteiger charge is 2.27. The zero-order chi connectivity index (χ0) is 22.0. The largest absolute Gasteiger partial charge is 0.388 e. The topological polar surface area (TPSA) is 68.5 Å². The Bertz CT molecular complexity index is 1280. The number of benzene rings is 3. The normalized spacial score (nSPS) is 13.9. The second-order valence-corrected chi connectivity index (χ2v) is 9.33. The van der Waals surface area contributed by atoms with Gasteiger partial charge in [-0.25, -0.2) is 0 Å². The second-order valence-electron chi connectivity index (χ2n) is 7.71. The molecule has 0 unspecified atom stereocenters. The molecule has 0 amide bonds. The molecule has 0 radical (unpaired) electrons. The van der Waals surface area contributed by atoms with Crippen LogP contribution in [-0.4, -0.2) is 30.8 Å². The van der Waals surface area contributed by atoms with Crippen LogP contribution >= 0.6 is 0 Å². The van der Waals surface area contributed by atoms with Crippen molar-refractivity contribution in [3.63, 3.8) is 0 Å². The summed E-state index contributed by atoms with van der Waals surface area (Å²) in [6.45, 7) is 3.54. The first-order valence-corrected chi connectivity index (χ1v) is 11.5. The van der Waals surface area contributed by atoms with E-state index in [-0.39, 0.29) is 11.5 Å². The minimum absolute atomic E-state index is 0.0730. The van der Waals surface area contributed by atoms with E-state index >= 15 is 0 Å². The van der Waals surface area contributed by atoms with E-state index in [4.69, 9.17) is 4.18 Å². The summed E-state index contributed by atoms with van der Waals surface area (Å²) in [5, 5.41) is 12.2. The summed E-state index contributed by atoms with van der Waals surface area (Å²) in [6.07, 6.45) is 0.901. The van der Waals surface area contributed by atoms with Gasteiger partial charge >= 0.3 is 0 Å². The van der Waals surface area contributed by atoms with E-state index in [1.165, 1.54) is 12.1 Å². The molecule has 0 bridgehead atoms. The van der Waals surface area contributed by atoms with Crippen molar-refractivity contribution >= 4 is 21.0 Å². The molecule has 0 saturated carbocycles. The Hall–Kier alpha value is -2.93. The SMILES string of the molecule is Cc1ccc(S(=O)(=O)OC[C@@H](O)[C@H](c2ccccc2)n2cc(C)c3ccccc32)cc1. The molecule has 1 heterocycles. The molecule has 3 aromatic carbocycles. The van der Waals surface area contributed by atoms with Gasteiger partial charge in [-0.3, -0.25) is 4.18 Å². The van der Waals surface area contributed by atoms with Crippen molar-refractivity contribution in [1.82, 2.24) is 4.57 Å². The van der Waals surface area contributed by atoms with Crippen molar-refractivity contribution in [1.29, 1.82) is 0 Å². The van der Waals surface area contributed by atoms with Gasteiger partial charge in [0.2, 0.25) is 0 Å². The number of hydrogen-bond donors (Lipinski definition) is 1. The molecule has 0 aliphatic carbocycles. The van der Waals surface area contributed by atoms with Crippen LogP contribution in [0.3, 0.4) is 0 Å². The van der Waals surface area contributed by atoms with Crippen molar-refractivity contribution in [2.45, 2.75) is 30.9 Å². The molecule has 0 spiro atoms. The summed E-state index contributed by atoms with van der Waals surface area (Å²) in [5.41, 5.74) is 3.87. The maximum absolute atomic E-state index is 12.6. The summed E-state index contributed by atoms with van der Waals surface area (Å²) >= 11 is 0. The molecule has 6 heteroatoms. The van der Waals surface area contributed by atoms with Crippen LogP contribution in [0.1, 0.15) is 22.7 Å². The van der Waals surface area contributed by atoms with Gasteiger partial charge in [0, 0.05) is 17.1 Å². The van der Waals surface area contributed by atoms with Crippen LogP contribution in [0.25, 0.3) is 10.9 Å². The maximum Gasteiger partial charge on any atom is 0.297 e. The van der Waals surface area contributed by atoms with Gasteiger partial charge in [-0.15, -0.1) is 0 Å². The molecule has 4 rings (SSSR count). The third kappa shape index (κ3) is 4.42. The van der Waals surface area contributed by atoms with E-state index in [1.807, 2.05) is 79.2 Å². The van der Waals surface area contributed by atoms with Crippen LogP contribution in [0, 0.1) is 13.8 Å². The molecule has 1 N–H and O–H groups in total. The molecular weight excluding hydrogens is 410 g/mol. The Morgan fingerprint density at radius 3 is 2.26 bits per heavy atom. The Balaban J connectivity index is 1.67. The third-order valence-corrected chi connectivity index (χ3v) is 6.74. The summed E-state index contributed by atoms with van der Waals surface area (Å²) in [6, 6.07) is 23.5. The molecule has 160 valence electrons. The third-order valence-electron chi connectivity index (χ3n) is 5.45. The van der Waals surface area contributed by atoms with Gasteiger partial charge in [-0.2, -0.15) is 8.42 Å². The number of aliphatic hydroxyl groups is 1. The number of aromatic nitrogens is 1. The molecule has 1 aromatic heterocycles. The van der Waals surface area contributed by atoms with Gasteiger partial charge in [-0.1, -0.05) is 66.2 Å². The van der Waals surface area contributed by atoms with Gasteiger partial charge in [0.25, 0.3) is 10.1 Å². The highest BCUT2D eigenvalue weighted by Crippen LogP contribution is 2.30. The first-order chi connectivity index (χ1) is 14.9. The van der Waals surface area contributed by atoms with Crippen LogP contribution in [0.2, 0.25) is 0 Å². The fourth-order valence-corrected chi connectivity index (χ4v) is 4.78. The van der Waals surface area contributed by atoms with Crippen LogP contribution in [0.15, 0.2) is 90.0 Å². The molecule has 2 atom stereocenters. The minimum Gasteiger partial charge on any atom is -0.388 e. The number of rotatable bonds is 7. The summed E-state index contributed by atoms with van der Waals surface area (Å²) < 4.78 is 32.5. The lowest BCUT2D eigenvalue weighted by atomic mass is 10.0. The van der Waals surface area contributed by atoms with Crippen LogP contribution in [0.4, 0.5) is 0 Å². The molecule has 0 fully saturated rings. The summed E-state index contributed by atoms with van der Waals surface area (Å²) in [4.78, 5) is 0.0730. The molecule has 4 aromatic rings. The highest BCUT2D eigenvalue weighted by molar-refractivity contribution is 7.86. The molecule has 0 aliphatic rings. The standard InChI is InChI=1S/C25H25NO4S/c1-18-12-14-21(15-13-18)31(28,29)30-17-24(27)25(20-8-4-3-5-9-20)26-16-19(2)22-10-6-7-11-23(22)26/h3-16,24-25,27H,17H2,1-2H3/t24-,25+/m1/s1. The molecule has 5 nitrogen and oxygen atoms in total. The van der Waals surface area contributed by atoms with E-state index < -0.39 is 22.3 Å². The van der Waals surface area contributed by atoms with Gasteiger partial charge in [0.05, 0.1) is 17.5 Å². The average Bonchev–Trinajstić information content (AvgIpc) is 3.10. The molecular formula is C25H25NO4S. The van der Waals surface area contributed by atoms with Crippen molar-refractivity contribution in [2.24, 2.45) is 0 Å². The fourth-order valence-electron chi connectivity index (χ4n) is 3.85. The van der Waals surface area contributed by atoms with Gasteiger partial charge in [-0.05, 0) is 43.2 Å². The van der Waals surface area contributed by atoms with Crippen LogP contribution in [-0.2, 0) is 14.3 Å². The Kier molecular flexibility index (Phi) is 5.96. The number of aliphatic hydroxyl groups excluding tert-OH is 1. The minimum atomic E-state index is -3.98. The Morgan fingerprint density at radius 2 is 1.55 bits per heavy atom. The summed E-state index contributed by atoms with van der Waals surface area (Å²) in [5.74, 6) is 0. The molecule has 31 heavy (non-hydrogen) atoms. The second kappa shape index (κ2) is 8.67. The van der Waals surface area contributed by atoms with Crippen molar-refractivity contribution in [3.05, 3.63) is 102 Å². The number of hydrogen-bond acceptors (Lipinski definition) is 4. The van der Waals surface area contributed by atoms with E-state index in [1.54, 1.807) is 12.1 Å². The average molecular weight is 436 g/mol. The Morgan fingerprint density at radius 1 is 0.903 bits per heavy atom. The van der Waals surface area contributed by atoms with E-state index in [9.17, 15) is 13.5 Å². The van der Waals surface area contributed by atoms with E-state index in [0.29, 0.717) is 0 Å². The van der Waals surface area contributed by atoms with Crippen LogP contribution < -0.4 is 0 Å². The van der Waals surface area contributed by atoms with E-state index in [0.717, 1.165) is 27.6 Å². The number of para-hydroxylation sites is 1. The highest BCUT2D eigenvalue weighted by atomic mass is 32.2. The first kappa shape index (κ1) is 21.3. The Labute approximate surface area is 182 Å². The van der Waals surface area contributed by atoms with Crippen molar-refractivity contribution in [2.75, 3.05) is 6.61 Å². The smallest absolute Gasteiger partial charge is 0.297 e. The van der Waals surface area contributed by atoms with Gasteiger partial charge in [0.1, 0.15) is 6.10 Å². The van der Waals surface area contributed by atoms with Gasteiger partial charge in [0.15, 0.2) is 0 Å². The lowest BCUT2D eigenvalue weighted by Gasteiger charge is -2.26. The lowest BCUT2D eigenvalue weighted by molar-refractivity contribution is 0.0785.